The summed E-state index contributed by atoms with van der Waals surface area (Å²) >= 11 is 0. The van der Waals surface area contributed by atoms with Crippen molar-refractivity contribution in [1.29, 1.82) is 0 Å². The van der Waals surface area contributed by atoms with Gasteiger partial charge in [0, 0.05) is 6.92 Å². The molecule has 1 amide bonds. The van der Waals surface area contributed by atoms with E-state index in [0.717, 1.165) is 6.92 Å². The predicted molar refractivity (Wildman–Crippen MR) is 48.1 cm³/mol. The monoisotopic (exact) mass is 237 g/mol. The zero-order valence-electron chi connectivity index (χ0n) is 8.59. The minimum atomic E-state index is -1.69. The average molecular weight is 237 g/mol. The van der Waals surface area contributed by atoms with Crippen molar-refractivity contribution in [3.8, 4) is 0 Å². The molecule has 94 valence electrons. The summed E-state index contributed by atoms with van der Waals surface area (Å²) < 4.78 is 4.74. The van der Waals surface area contributed by atoms with Crippen molar-refractivity contribution in [1.82, 2.24) is 5.06 Å². The molecule has 16 heavy (non-hydrogen) atoms. The van der Waals surface area contributed by atoms with Gasteiger partial charge in [-0.2, -0.15) is 0 Å². The van der Waals surface area contributed by atoms with E-state index >= 15 is 0 Å². The van der Waals surface area contributed by atoms with Crippen molar-refractivity contribution < 1.29 is 35.2 Å². The number of aliphatic hydroxyl groups is 4. The molecule has 1 fully saturated rings. The van der Waals surface area contributed by atoms with Crippen molar-refractivity contribution in [3.05, 3.63) is 0 Å². The van der Waals surface area contributed by atoms with Crippen molar-refractivity contribution >= 4 is 5.91 Å². The van der Waals surface area contributed by atoms with Crippen LogP contribution in [0.15, 0.2) is 0 Å². The first-order valence-electron chi connectivity index (χ1n) is 4.69. The fourth-order valence-electron chi connectivity index (χ4n) is 1.56. The van der Waals surface area contributed by atoms with Crippen LogP contribution in [0, 0.1) is 0 Å². The number of nitrogens with zero attached hydrogens (tertiary/aromatic N) is 1. The molecule has 0 aromatic heterocycles. The van der Waals surface area contributed by atoms with Crippen LogP contribution in [0.4, 0.5) is 0 Å². The molecule has 0 saturated carbocycles. The Morgan fingerprint density at radius 1 is 1.31 bits per heavy atom. The molecule has 8 heteroatoms. The number of hydroxylamine groups is 2. The van der Waals surface area contributed by atoms with Gasteiger partial charge >= 0.3 is 0 Å². The molecule has 1 aliphatic heterocycles. The molecular weight excluding hydrogens is 222 g/mol. The number of carbonyl (C=O) groups is 1. The lowest BCUT2D eigenvalue weighted by Gasteiger charge is -2.42. The molecule has 0 bridgehead atoms. The normalized spacial score (nSPS) is 39.5. The Kier molecular flexibility index (Phi) is 4.19. The van der Waals surface area contributed by atoms with E-state index in [1.54, 1.807) is 0 Å². The highest BCUT2D eigenvalue weighted by Gasteiger charge is 2.47. The number of aliphatic hydroxyl groups excluding tert-OH is 4. The zero-order valence-corrected chi connectivity index (χ0v) is 8.59. The SMILES string of the molecule is CC(=O)N(O)[C@@H]1[C@@H](O)[C@H](O)[C@@H](CO)O[C@H]1O. The summed E-state index contributed by atoms with van der Waals surface area (Å²) in [5.74, 6) is -0.818. The largest absolute Gasteiger partial charge is 0.394 e. The molecule has 5 N–H and O–H groups in total. The molecule has 0 radical (unpaired) electrons. The van der Waals surface area contributed by atoms with Crippen molar-refractivity contribution in [2.24, 2.45) is 0 Å². The second-order valence-electron chi connectivity index (χ2n) is 3.58. The molecule has 0 aliphatic carbocycles. The highest BCUT2D eigenvalue weighted by atomic mass is 16.6. The third-order valence-corrected chi connectivity index (χ3v) is 2.47. The maximum atomic E-state index is 10.9. The Morgan fingerprint density at radius 2 is 1.88 bits per heavy atom. The summed E-state index contributed by atoms with van der Waals surface area (Å²) in [4.78, 5) is 10.9. The Balaban J connectivity index is 2.83. The van der Waals surface area contributed by atoms with Gasteiger partial charge < -0.3 is 25.2 Å². The third-order valence-electron chi connectivity index (χ3n) is 2.47. The van der Waals surface area contributed by atoms with Crippen LogP contribution in [-0.4, -0.2) is 73.9 Å². The number of rotatable bonds is 2. The highest BCUT2D eigenvalue weighted by Crippen LogP contribution is 2.23. The molecule has 1 heterocycles. The van der Waals surface area contributed by atoms with Gasteiger partial charge in [0.1, 0.15) is 24.4 Å². The third kappa shape index (κ3) is 2.32. The average Bonchev–Trinajstić information content (AvgIpc) is 2.23. The molecular formula is C8H15NO7. The van der Waals surface area contributed by atoms with Gasteiger partial charge in [-0.15, -0.1) is 0 Å². The molecule has 8 nitrogen and oxygen atoms in total. The van der Waals surface area contributed by atoms with Crippen LogP contribution in [0.5, 0.6) is 0 Å². The molecule has 1 rings (SSSR count). The summed E-state index contributed by atoms with van der Waals surface area (Å²) in [6, 6.07) is -1.49. The molecule has 0 spiro atoms. The number of hydrogen-bond acceptors (Lipinski definition) is 7. The van der Waals surface area contributed by atoms with Crippen LogP contribution in [0.3, 0.4) is 0 Å². The van der Waals surface area contributed by atoms with E-state index in [0.29, 0.717) is 0 Å². The van der Waals surface area contributed by atoms with E-state index in [2.05, 4.69) is 0 Å². The lowest BCUT2D eigenvalue weighted by Crippen LogP contribution is -2.64. The van der Waals surface area contributed by atoms with E-state index in [4.69, 9.17) is 9.84 Å². The first-order valence-corrected chi connectivity index (χ1v) is 4.69. The van der Waals surface area contributed by atoms with Gasteiger partial charge in [0.25, 0.3) is 0 Å². The van der Waals surface area contributed by atoms with Crippen LogP contribution in [-0.2, 0) is 9.53 Å². The molecule has 1 aliphatic rings. The quantitative estimate of drug-likeness (QED) is 0.256. The second kappa shape index (κ2) is 5.04. The van der Waals surface area contributed by atoms with E-state index < -0.39 is 43.2 Å². The Labute approximate surface area is 91.2 Å². The fraction of sp³-hybridized carbons (Fsp3) is 0.875. The number of carbonyl (C=O) groups excluding carboxylic acids is 1. The summed E-state index contributed by atoms with van der Waals surface area (Å²) in [6.45, 7) is 0.414. The van der Waals surface area contributed by atoms with Crippen LogP contribution in [0.1, 0.15) is 6.92 Å². The van der Waals surface area contributed by atoms with Gasteiger partial charge in [-0.1, -0.05) is 0 Å². The first-order chi connectivity index (χ1) is 7.40. The molecule has 0 unspecified atom stereocenters. The van der Waals surface area contributed by atoms with Gasteiger partial charge in [0.2, 0.25) is 5.91 Å². The molecule has 1 saturated heterocycles. The maximum absolute atomic E-state index is 10.9. The van der Waals surface area contributed by atoms with E-state index in [1.165, 1.54) is 0 Å². The lowest BCUT2D eigenvalue weighted by molar-refractivity contribution is -0.302. The summed E-state index contributed by atoms with van der Waals surface area (Å²) in [5.41, 5.74) is 0. The summed E-state index contributed by atoms with van der Waals surface area (Å²) in [5, 5.41) is 46.6. The van der Waals surface area contributed by atoms with Crippen LogP contribution >= 0.6 is 0 Å². The van der Waals surface area contributed by atoms with E-state index in [1.807, 2.05) is 0 Å². The zero-order chi connectivity index (χ0) is 12.5. The molecule has 0 aromatic rings. The minimum Gasteiger partial charge on any atom is -0.394 e. The summed E-state index contributed by atoms with van der Waals surface area (Å²) in [6.07, 6.45) is -5.98. The molecule has 5 atom stereocenters. The Morgan fingerprint density at radius 3 is 2.31 bits per heavy atom. The lowest BCUT2D eigenvalue weighted by atomic mass is 9.97. The Bertz CT molecular complexity index is 261. The Hall–Kier alpha value is -0.770. The van der Waals surface area contributed by atoms with Gasteiger partial charge in [0.15, 0.2) is 6.29 Å². The van der Waals surface area contributed by atoms with E-state index in [9.17, 15) is 25.3 Å². The van der Waals surface area contributed by atoms with Gasteiger partial charge in [-0.25, -0.2) is 5.06 Å². The predicted octanol–water partition coefficient (Wildman–Crippen LogP) is -2.98. The number of hydrogen-bond donors (Lipinski definition) is 5. The minimum absolute atomic E-state index is 0.0894. The first kappa shape index (κ1) is 13.3. The van der Waals surface area contributed by atoms with Crippen molar-refractivity contribution in [2.45, 2.75) is 37.6 Å². The maximum Gasteiger partial charge on any atom is 0.243 e. The van der Waals surface area contributed by atoms with Gasteiger partial charge in [-0.3, -0.25) is 10.0 Å². The second-order valence-corrected chi connectivity index (χ2v) is 3.58. The van der Waals surface area contributed by atoms with Crippen molar-refractivity contribution in [2.75, 3.05) is 6.61 Å². The topological polar surface area (TPSA) is 131 Å². The van der Waals surface area contributed by atoms with Crippen molar-refractivity contribution in [3.63, 3.8) is 0 Å². The van der Waals surface area contributed by atoms with E-state index in [-0.39, 0.29) is 5.06 Å². The highest BCUT2D eigenvalue weighted by molar-refractivity contribution is 5.72. The number of ether oxygens (including phenoxy) is 1. The fourth-order valence-corrected chi connectivity index (χ4v) is 1.56. The van der Waals surface area contributed by atoms with Crippen LogP contribution in [0.25, 0.3) is 0 Å². The van der Waals surface area contributed by atoms with Crippen LogP contribution in [0.2, 0.25) is 0 Å². The van der Waals surface area contributed by atoms with Gasteiger partial charge in [-0.05, 0) is 0 Å². The molecule has 0 aromatic carbocycles. The van der Waals surface area contributed by atoms with Gasteiger partial charge in [0.05, 0.1) is 6.61 Å². The number of amides is 1. The standard InChI is InChI=1S/C8H15NO7/c1-3(11)9(15)5-7(13)6(12)4(2-10)16-8(5)14/h4-8,10,12-15H,2H2,1H3/t4-,5-,6-,7-,8-/m1/s1. The van der Waals surface area contributed by atoms with Crippen LogP contribution < -0.4 is 0 Å². The smallest absolute Gasteiger partial charge is 0.243 e. The summed E-state index contributed by atoms with van der Waals surface area (Å²) in [7, 11) is 0.